The fourth-order valence-electron chi connectivity index (χ4n) is 1.60. The highest BCUT2D eigenvalue weighted by Crippen LogP contribution is 2.19. The Kier molecular flexibility index (Phi) is 4.46. The largest absolute Gasteiger partial charge is 0.373 e. The van der Waals surface area contributed by atoms with E-state index in [2.05, 4.69) is 22.6 Å². The molecule has 0 radical (unpaired) electrons. The van der Waals surface area contributed by atoms with E-state index in [-0.39, 0.29) is 12.0 Å². The van der Waals surface area contributed by atoms with Crippen LogP contribution in [0.3, 0.4) is 0 Å². The molecule has 88 valence electrons. The van der Waals surface area contributed by atoms with Gasteiger partial charge in [0.25, 0.3) is 5.91 Å². The van der Waals surface area contributed by atoms with Gasteiger partial charge in [-0.3, -0.25) is 4.79 Å². The van der Waals surface area contributed by atoms with Crippen LogP contribution in [0.4, 0.5) is 0 Å². The van der Waals surface area contributed by atoms with E-state index in [1.807, 2.05) is 16.3 Å². The SMILES string of the molecule is O=C(c1csc(I)c1)N1CCOC(CCl)C1. The lowest BCUT2D eigenvalue weighted by atomic mass is 10.2. The minimum Gasteiger partial charge on any atom is -0.373 e. The van der Waals surface area contributed by atoms with Gasteiger partial charge in [0.2, 0.25) is 0 Å². The van der Waals surface area contributed by atoms with Gasteiger partial charge in [-0.05, 0) is 28.7 Å². The van der Waals surface area contributed by atoms with Crippen molar-refractivity contribution in [3.05, 3.63) is 19.9 Å². The molecule has 0 spiro atoms. The van der Waals surface area contributed by atoms with Crippen molar-refractivity contribution in [3.63, 3.8) is 0 Å². The summed E-state index contributed by atoms with van der Waals surface area (Å²) in [5.74, 6) is 0.517. The average molecular weight is 372 g/mol. The normalized spacial score (nSPS) is 21.1. The van der Waals surface area contributed by atoms with Crippen molar-refractivity contribution >= 4 is 51.4 Å². The van der Waals surface area contributed by atoms with Crippen LogP contribution in [-0.4, -0.2) is 42.5 Å². The van der Waals surface area contributed by atoms with E-state index in [1.165, 1.54) is 0 Å². The highest BCUT2D eigenvalue weighted by Gasteiger charge is 2.24. The summed E-state index contributed by atoms with van der Waals surface area (Å²) in [6.07, 6.45) is -0.0305. The topological polar surface area (TPSA) is 29.5 Å². The van der Waals surface area contributed by atoms with Gasteiger partial charge in [-0.15, -0.1) is 22.9 Å². The first-order chi connectivity index (χ1) is 7.70. The molecule has 1 amide bonds. The van der Waals surface area contributed by atoms with Gasteiger partial charge in [0.05, 0.1) is 27.0 Å². The number of morpholine rings is 1. The number of amides is 1. The first-order valence-corrected chi connectivity index (χ1v) is 7.41. The summed E-state index contributed by atoms with van der Waals surface area (Å²) in [5.41, 5.74) is 0.768. The number of hydrogen-bond donors (Lipinski definition) is 0. The molecule has 1 aromatic heterocycles. The molecule has 2 heterocycles. The number of rotatable bonds is 2. The third-order valence-electron chi connectivity index (χ3n) is 2.41. The lowest BCUT2D eigenvalue weighted by Gasteiger charge is -2.31. The molecule has 0 aliphatic carbocycles. The van der Waals surface area contributed by atoms with Gasteiger partial charge in [0, 0.05) is 18.5 Å². The van der Waals surface area contributed by atoms with Crippen molar-refractivity contribution in [1.29, 1.82) is 0 Å². The number of halogens is 2. The summed E-state index contributed by atoms with van der Waals surface area (Å²) in [7, 11) is 0. The van der Waals surface area contributed by atoms with E-state index in [0.717, 1.165) is 8.45 Å². The summed E-state index contributed by atoms with van der Waals surface area (Å²) >= 11 is 9.54. The first-order valence-electron chi connectivity index (χ1n) is 4.91. The zero-order chi connectivity index (χ0) is 11.5. The molecule has 1 aromatic rings. The van der Waals surface area contributed by atoms with E-state index < -0.39 is 0 Å². The smallest absolute Gasteiger partial charge is 0.254 e. The fraction of sp³-hybridized carbons (Fsp3) is 0.500. The van der Waals surface area contributed by atoms with Gasteiger partial charge < -0.3 is 9.64 Å². The number of thiophene rings is 1. The molecule has 16 heavy (non-hydrogen) atoms. The number of carbonyl (C=O) groups is 1. The maximum atomic E-state index is 12.1. The van der Waals surface area contributed by atoms with Crippen molar-refractivity contribution in [2.45, 2.75) is 6.10 Å². The van der Waals surface area contributed by atoms with Crippen LogP contribution in [0.2, 0.25) is 0 Å². The average Bonchev–Trinajstić information content (AvgIpc) is 2.75. The summed E-state index contributed by atoms with van der Waals surface area (Å²) in [6.45, 7) is 1.82. The first kappa shape index (κ1) is 12.6. The predicted molar refractivity (Wildman–Crippen MR) is 73.4 cm³/mol. The molecular formula is C10H11ClINO2S. The highest BCUT2D eigenvalue weighted by molar-refractivity contribution is 14.1. The van der Waals surface area contributed by atoms with Gasteiger partial charge in [0.1, 0.15) is 0 Å². The fourth-order valence-corrected chi connectivity index (χ4v) is 3.11. The highest BCUT2D eigenvalue weighted by atomic mass is 127. The molecule has 0 bridgehead atoms. The van der Waals surface area contributed by atoms with E-state index in [4.69, 9.17) is 16.3 Å². The number of nitrogens with zero attached hydrogens (tertiary/aromatic N) is 1. The minimum atomic E-state index is -0.0305. The molecule has 3 nitrogen and oxygen atoms in total. The van der Waals surface area contributed by atoms with Crippen LogP contribution < -0.4 is 0 Å². The Labute approximate surface area is 117 Å². The Balaban J connectivity index is 2.04. The summed E-state index contributed by atoms with van der Waals surface area (Å²) < 4.78 is 6.55. The Morgan fingerprint density at radius 2 is 2.56 bits per heavy atom. The van der Waals surface area contributed by atoms with E-state index in [9.17, 15) is 4.79 Å². The van der Waals surface area contributed by atoms with Crippen LogP contribution >= 0.6 is 45.5 Å². The van der Waals surface area contributed by atoms with E-state index in [1.54, 1.807) is 11.3 Å². The lowest BCUT2D eigenvalue weighted by Crippen LogP contribution is -2.46. The molecule has 1 aliphatic rings. The van der Waals surface area contributed by atoms with Crippen LogP contribution in [0.5, 0.6) is 0 Å². The van der Waals surface area contributed by atoms with E-state index >= 15 is 0 Å². The zero-order valence-corrected chi connectivity index (χ0v) is 12.2. The lowest BCUT2D eigenvalue weighted by molar-refractivity contribution is -0.0107. The van der Waals surface area contributed by atoms with Gasteiger partial charge >= 0.3 is 0 Å². The third kappa shape index (κ3) is 2.88. The molecule has 1 fully saturated rings. The summed E-state index contributed by atoms with van der Waals surface area (Å²) in [5, 5.41) is 1.90. The second kappa shape index (κ2) is 5.66. The van der Waals surface area contributed by atoms with Crippen molar-refractivity contribution < 1.29 is 9.53 Å². The minimum absolute atomic E-state index is 0.0305. The number of ether oxygens (including phenoxy) is 1. The van der Waals surface area contributed by atoms with Crippen LogP contribution in [0.15, 0.2) is 11.4 Å². The molecule has 0 aromatic carbocycles. The van der Waals surface area contributed by atoms with E-state index in [0.29, 0.717) is 25.6 Å². The van der Waals surface area contributed by atoms with Crippen LogP contribution in [0, 0.1) is 2.88 Å². The Morgan fingerprint density at radius 3 is 3.19 bits per heavy atom. The molecule has 1 atom stereocenters. The van der Waals surface area contributed by atoms with Gasteiger partial charge in [-0.1, -0.05) is 0 Å². The van der Waals surface area contributed by atoms with Crippen LogP contribution in [0.1, 0.15) is 10.4 Å². The van der Waals surface area contributed by atoms with Crippen molar-refractivity contribution in [2.75, 3.05) is 25.6 Å². The zero-order valence-electron chi connectivity index (χ0n) is 8.49. The number of carbonyl (C=O) groups excluding carboxylic acids is 1. The van der Waals surface area contributed by atoms with Gasteiger partial charge in [0.15, 0.2) is 0 Å². The molecule has 0 N–H and O–H groups in total. The van der Waals surface area contributed by atoms with Crippen LogP contribution in [0.25, 0.3) is 0 Å². The maximum Gasteiger partial charge on any atom is 0.254 e. The predicted octanol–water partition coefficient (Wildman–Crippen LogP) is 2.43. The van der Waals surface area contributed by atoms with Gasteiger partial charge in [-0.2, -0.15) is 0 Å². The molecular weight excluding hydrogens is 361 g/mol. The molecule has 1 saturated heterocycles. The number of hydrogen-bond acceptors (Lipinski definition) is 3. The van der Waals surface area contributed by atoms with Crippen molar-refractivity contribution in [1.82, 2.24) is 4.90 Å². The summed E-state index contributed by atoms with van der Waals surface area (Å²) in [4.78, 5) is 13.9. The molecule has 2 rings (SSSR count). The molecule has 6 heteroatoms. The second-order valence-electron chi connectivity index (χ2n) is 3.54. The third-order valence-corrected chi connectivity index (χ3v) is 4.55. The Morgan fingerprint density at radius 1 is 1.75 bits per heavy atom. The second-order valence-corrected chi connectivity index (χ2v) is 6.65. The van der Waals surface area contributed by atoms with Crippen LogP contribution in [-0.2, 0) is 4.74 Å². The molecule has 1 aliphatic heterocycles. The molecule has 0 saturated carbocycles. The Hall–Kier alpha value is 0.150. The van der Waals surface area contributed by atoms with Gasteiger partial charge in [-0.25, -0.2) is 0 Å². The molecule has 1 unspecified atom stereocenters. The van der Waals surface area contributed by atoms with Crippen molar-refractivity contribution in [3.8, 4) is 0 Å². The standard InChI is InChI=1S/C10H11ClINO2S/c11-4-8-5-13(1-2-15-8)10(14)7-3-9(12)16-6-7/h3,6,8H,1-2,4-5H2. The quantitative estimate of drug-likeness (QED) is 0.590. The number of alkyl halides is 1. The maximum absolute atomic E-state index is 12.1. The monoisotopic (exact) mass is 371 g/mol. The van der Waals surface area contributed by atoms with Crippen molar-refractivity contribution in [2.24, 2.45) is 0 Å². The Bertz CT molecular complexity index is 385. The summed E-state index contributed by atoms with van der Waals surface area (Å²) in [6, 6.07) is 1.92.